The van der Waals surface area contributed by atoms with Gasteiger partial charge in [0.2, 0.25) is 0 Å². The highest BCUT2D eigenvalue weighted by atomic mass is 16.5. The number of ether oxygens (including phenoxy) is 2. The van der Waals surface area contributed by atoms with Gasteiger partial charge in [0, 0.05) is 17.8 Å². The zero-order valence-electron chi connectivity index (χ0n) is 13.9. The maximum atomic E-state index is 6.21. The molecule has 0 fully saturated rings. The third-order valence-corrected chi connectivity index (χ3v) is 4.04. The molecule has 0 aliphatic carbocycles. The number of fused-ring (bicyclic) bond motifs is 2. The monoisotopic (exact) mass is 325 g/mol. The Morgan fingerprint density at radius 1 is 1.25 bits per heavy atom. The van der Waals surface area contributed by atoms with Crippen molar-refractivity contribution in [2.24, 2.45) is 0 Å². The topological polar surface area (TPSA) is 60.6 Å². The van der Waals surface area contributed by atoms with Crippen molar-refractivity contribution < 1.29 is 13.9 Å². The molecule has 0 N–H and O–H groups in total. The Balaban J connectivity index is 1.75. The summed E-state index contributed by atoms with van der Waals surface area (Å²) >= 11 is 0. The molecule has 24 heavy (non-hydrogen) atoms. The van der Waals surface area contributed by atoms with E-state index in [1.165, 1.54) is 0 Å². The molecule has 0 unspecified atom stereocenters. The van der Waals surface area contributed by atoms with E-state index in [2.05, 4.69) is 28.7 Å². The maximum Gasteiger partial charge on any atom is 0.298 e. The largest absolute Gasteiger partial charge is 0.497 e. The molecule has 6 heteroatoms. The third-order valence-electron chi connectivity index (χ3n) is 4.04. The molecule has 0 bridgehead atoms. The molecule has 0 radical (unpaired) electrons. The first kappa shape index (κ1) is 14.8. The van der Waals surface area contributed by atoms with Crippen molar-refractivity contribution in [1.29, 1.82) is 0 Å². The summed E-state index contributed by atoms with van der Waals surface area (Å²) in [5.74, 6) is 1.62. The Morgan fingerprint density at radius 2 is 2.12 bits per heavy atom. The lowest BCUT2D eigenvalue weighted by Crippen LogP contribution is -2.40. The van der Waals surface area contributed by atoms with Crippen molar-refractivity contribution in [3.8, 4) is 11.5 Å². The van der Waals surface area contributed by atoms with Crippen molar-refractivity contribution in [2.45, 2.75) is 26.0 Å². The molecule has 0 spiro atoms. The molecule has 0 amide bonds. The highest BCUT2D eigenvalue weighted by Crippen LogP contribution is 2.34. The summed E-state index contributed by atoms with van der Waals surface area (Å²) in [5, 5.41) is 0. The Kier molecular flexibility index (Phi) is 3.33. The van der Waals surface area contributed by atoms with Gasteiger partial charge in [0.15, 0.2) is 5.58 Å². The quantitative estimate of drug-likeness (QED) is 0.719. The zero-order chi connectivity index (χ0) is 16.7. The number of hydrogen-bond acceptors (Lipinski definition) is 6. The molecule has 1 aromatic carbocycles. The average molecular weight is 325 g/mol. The summed E-state index contributed by atoms with van der Waals surface area (Å²) in [5.41, 5.74) is 2.17. The van der Waals surface area contributed by atoms with Gasteiger partial charge in [-0.1, -0.05) is 0 Å². The molecule has 3 aromatic rings. The molecular weight excluding hydrogens is 306 g/mol. The normalized spacial score (nSPS) is 16.4. The molecular formula is C18H19N3O3. The minimum absolute atomic E-state index is 0.392. The summed E-state index contributed by atoms with van der Waals surface area (Å²) in [6, 6.07) is 8.32. The summed E-state index contributed by atoms with van der Waals surface area (Å²) in [4.78, 5) is 10.8. The lowest BCUT2D eigenvalue weighted by atomic mass is 10.1. The summed E-state index contributed by atoms with van der Waals surface area (Å²) < 4.78 is 17.4. The van der Waals surface area contributed by atoms with E-state index >= 15 is 0 Å². The standard InChI is InChI=1S/C18H19N3O3/c1-18(2)11-21(17-20-14-6-7-19-9-16(14)23-17)10-12-4-5-13(22-3)8-15(12)24-18/h4-9H,10-11H2,1-3H3. The van der Waals surface area contributed by atoms with E-state index in [9.17, 15) is 0 Å². The van der Waals surface area contributed by atoms with Crippen LogP contribution in [0.3, 0.4) is 0 Å². The second-order valence-corrected chi connectivity index (χ2v) is 6.53. The average Bonchev–Trinajstić information content (AvgIpc) is 2.93. The summed E-state index contributed by atoms with van der Waals surface area (Å²) in [6.07, 6.45) is 3.40. The zero-order valence-corrected chi connectivity index (χ0v) is 13.9. The van der Waals surface area contributed by atoms with Gasteiger partial charge in [-0.3, -0.25) is 4.98 Å². The molecule has 0 saturated heterocycles. The third kappa shape index (κ3) is 2.64. The molecule has 6 nitrogen and oxygen atoms in total. The van der Waals surface area contributed by atoms with Crippen molar-refractivity contribution in [2.75, 3.05) is 18.6 Å². The van der Waals surface area contributed by atoms with Crippen LogP contribution < -0.4 is 14.4 Å². The molecule has 1 aliphatic rings. The first-order chi connectivity index (χ1) is 11.5. The van der Waals surface area contributed by atoms with Crippen molar-refractivity contribution >= 4 is 17.1 Å². The van der Waals surface area contributed by atoms with Crippen LogP contribution in [0, 0.1) is 0 Å². The van der Waals surface area contributed by atoms with Crippen LogP contribution in [0.1, 0.15) is 19.4 Å². The van der Waals surface area contributed by atoms with Crippen LogP contribution >= 0.6 is 0 Å². The number of anilines is 1. The second kappa shape index (κ2) is 5.40. The first-order valence-corrected chi connectivity index (χ1v) is 7.85. The SMILES string of the molecule is COc1ccc2c(c1)OC(C)(C)CN(c1nc3ccncc3o1)C2. The lowest BCUT2D eigenvalue weighted by molar-refractivity contribution is 0.120. The number of hydrogen-bond donors (Lipinski definition) is 0. The Bertz CT molecular complexity index is 855. The lowest BCUT2D eigenvalue weighted by Gasteiger charge is -2.28. The van der Waals surface area contributed by atoms with Gasteiger partial charge in [0.25, 0.3) is 6.01 Å². The molecule has 2 aromatic heterocycles. The Hall–Kier alpha value is -2.76. The smallest absolute Gasteiger partial charge is 0.298 e. The number of rotatable bonds is 2. The van der Waals surface area contributed by atoms with Gasteiger partial charge in [0.05, 0.1) is 26.4 Å². The van der Waals surface area contributed by atoms with Gasteiger partial charge in [-0.2, -0.15) is 4.98 Å². The van der Waals surface area contributed by atoms with E-state index in [4.69, 9.17) is 13.9 Å². The molecule has 1 aliphatic heterocycles. The number of aromatic nitrogens is 2. The van der Waals surface area contributed by atoms with Gasteiger partial charge < -0.3 is 18.8 Å². The van der Waals surface area contributed by atoms with E-state index in [0.29, 0.717) is 24.7 Å². The van der Waals surface area contributed by atoms with Crippen molar-refractivity contribution in [3.63, 3.8) is 0 Å². The second-order valence-electron chi connectivity index (χ2n) is 6.53. The number of methoxy groups -OCH3 is 1. The van der Waals surface area contributed by atoms with Gasteiger partial charge >= 0.3 is 0 Å². The Morgan fingerprint density at radius 3 is 2.92 bits per heavy atom. The fourth-order valence-corrected chi connectivity index (χ4v) is 2.98. The Labute approximate surface area is 140 Å². The molecule has 4 rings (SSSR count). The van der Waals surface area contributed by atoms with Crippen LogP contribution in [0.25, 0.3) is 11.1 Å². The maximum absolute atomic E-state index is 6.21. The molecule has 3 heterocycles. The molecule has 0 saturated carbocycles. The van der Waals surface area contributed by atoms with Gasteiger partial charge in [-0.15, -0.1) is 0 Å². The van der Waals surface area contributed by atoms with Crippen LogP contribution in [0.5, 0.6) is 11.5 Å². The number of benzene rings is 1. The highest BCUT2D eigenvalue weighted by Gasteiger charge is 2.31. The minimum atomic E-state index is -0.392. The molecule has 124 valence electrons. The van der Waals surface area contributed by atoms with Crippen LogP contribution in [-0.2, 0) is 6.54 Å². The predicted molar refractivity (Wildman–Crippen MR) is 90.6 cm³/mol. The van der Waals surface area contributed by atoms with Crippen LogP contribution in [0.4, 0.5) is 6.01 Å². The van der Waals surface area contributed by atoms with E-state index in [1.54, 1.807) is 19.5 Å². The van der Waals surface area contributed by atoms with Crippen LogP contribution in [-0.4, -0.2) is 29.2 Å². The summed E-state index contributed by atoms with van der Waals surface area (Å²) in [7, 11) is 1.65. The van der Waals surface area contributed by atoms with Crippen LogP contribution in [0.2, 0.25) is 0 Å². The minimum Gasteiger partial charge on any atom is -0.497 e. The molecule has 0 atom stereocenters. The van der Waals surface area contributed by atoms with Gasteiger partial charge in [-0.05, 0) is 32.0 Å². The first-order valence-electron chi connectivity index (χ1n) is 7.85. The van der Waals surface area contributed by atoms with Crippen molar-refractivity contribution in [1.82, 2.24) is 9.97 Å². The van der Waals surface area contributed by atoms with Crippen molar-refractivity contribution in [3.05, 3.63) is 42.2 Å². The van der Waals surface area contributed by atoms with Crippen LogP contribution in [0.15, 0.2) is 41.1 Å². The number of oxazole rings is 1. The van der Waals surface area contributed by atoms with E-state index in [0.717, 1.165) is 22.6 Å². The number of nitrogens with zero attached hydrogens (tertiary/aromatic N) is 3. The van der Waals surface area contributed by atoms with Gasteiger partial charge in [0.1, 0.15) is 22.6 Å². The van der Waals surface area contributed by atoms with E-state index in [-0.39, 0.29) is 0 Å². The fraction of sp³-hybridized carbons (Fsp3) is 0.333. The predicted octanol–water partition coefficient (Wildman–Crippen LogP) is 3.41. The van der Waals surface area contributed by atoms with E-state index < -0.39 is 5.60 Å². The number of pyridine rings is 1. The fourth-order valence-electron chi connectivity index (χ4n) is 2.98. The van der Waals surface area contributed by atoms with E-state index in [1.807, 2.05) is 24.3 Å². The highest BCUT2D eigenvalue weighted by molar-refractivity contribution is 5.73. The van der Waals surface area contributed by atoms with Gasteiger partial charge in [-0.25, -0.2) is 0 Å². The summed E-state index contributed by atoms with van der Waals surface area (Å²) in [6.45, 7) is 5.42.